The van der Waals surface area contributed by atoms with Crippen molar-refractivity contribution in [2.45, 2.75) is 10.6 Å². The maximum absolute atomic E-state index is 12.2. The van der Waals surface area contributed by atoms with Crippen LogP contribution < -0.4 is 5.43 Å². The van der Waals surface area contributed by atoms with Crippen molar-refractivity contribution in [1.82, 2.24) is 5.43 Å². The predicted octanol–water partition coefficient (Wildman–Crippen LogP) is 6.70. The van der Waals surface area contributed by atoms with Crippen LogP contribution in [0.4, 0.5) is 0 Å². The molecule has 3 aromatic carbocycles. The average molecular weight is 450 g/mol. The molecule has 0 spiro atoms. The number of amides is 1. The Morgan fingerprint density at radius 1 is 0.929 bits per heavy atom. The van der Waals surface area contributed by atoms with Crippen molar-refractivity contribution in [3.63, 3.8) is 0 Å². The summed E-state index contributed by atoms with van der Waals surface area (Å²) in [6.45, 7) is 0. The summed E-state index contributed by atoms with van der Waals surface area (Å²) in [7, 11) is 0. The Bertz CT molecular complexity index is 990. The molecule has 0 atom stereocenters. The molecule has 0 aliphatic heterocycles. The van der Waals surface area contributed by atoms with Gasteiger partial charge in [0.25, 0.3) is 5.91 Å². The van der Waals surface area contributed by atoms with Gasteiger partial charge in [0, 0.05) is 31.8 Å². The number of halogens is 3. The first-order valence-electron chi connectivity index (χ1n) is 8.27. The number of carbonyl (C=O) groups excluding carboxylic acids is 1. The molecule has 3 aromatic rings. The second-order valence-corrected chi connectivity index (χ2v) is 8.13. The van der Waals surface area contributed by atoms with Gasteiger partial charge in [0.1, 0.15) is 0 Å². The van der Waals surface area contributed by atoms with E-state index in [1.54, 1.807) is 42.1 Å². The predicted molar refractivity (Wildman–Crippen MR) is 119 cm³/mol. The minimum absolute atomic E-state index is 0.293. The van der Waals surface area contributed by atoms with E-state index in [0.717, 1.165) is 21.2 Å². The summed E-state index contributed by atoms with van der Waals surface area (Å²) in [5.74, 6) is 0.509. The minimum Gasteiger partial charge on any atom is -0.267 e. The quantitative estimate of drug-likeness (QED) is 0.258. The van der Waals surface area contributed by atoms with Crippen molar-refractivity contribution in [2.24, 2.45) is 5.10 Å². The molecule has 0 heterocycles. The standard InChI is InChI=1S/C21H15Cl3N2OS/c22-17-7-9-19(10-8-17)28-13-14-1-3-15(4-2-14)21(27)26-25-12-16-5-6-18(23)11-20(16)24/h1-12H,13H2,(H,26,27)/b25-12-. The lowest BCUT2D eigenvalue weighted by Crippen LogP contribution is -2.17. The number of benzene rings is 3. The third-order valence-corrected chi connectivity index (χ3v) is 5.67. The molecule has 1 N–H and O–H groups in total. The number of nitrogens with zero attached hydrogens (tertiary/aromatic N) is 1. The molecular weight excluding hydrogens is 435 g/mol. The van der Waals surface area contributed by atoms with Gasteiger partial charge >= 0.3 is 0 Å². The molecule has 3 nitrogen and oxygen atoms in total. The van der Waals surface area contributed by atoms with Gasteiger partial charge in [0.05, 0.1) is 11.2 Å². The SMILES string of the molecule is O=C(N/N=C\c1ccc(Cl)cc1Cl)c1ccc(CSc2ccc(Cl)cc2)cc1. The van der Waals surface area contributed by atoms with Gasteiger partial charge in [-0.3, -0.25) is 4.79 Å². The smallest absolute Gasteiger partial charge is 0.267 e. The third kappa shape index (κ3) is 6.01. The molecule has 0 unspecified atom stereocenters. The molecule has 1 amide bonds. The highest BCUT2D eigenvalue weighted by atomic mass is 35.5. The van der Waals surface area contributed by atoms with E-state index in [9.17, 15) is 4.79 Å². The summed E-state index contributed by atoms with van der Waals surface area (Å²) in [6.07, 6.45) is 1.48. The fourth-order valence-electron chi connectivity index (χ4n) is 2.28. The summed E-state index contributed by atoms with van der Waals surface area (Å²) >= 11 is 19.5. The minimum atomic E-state index is -0.293. The van der Waals surface area contributed by atoms with Gasteiger partial charge in [0.2, 0.25) is 0 Å². The first kappa shape index (κ1) is 20.7. The number of hydrogen-bond donors (Lipinski definition) is 1. The number of thioether (sulfide) groups is 1. The lowest BCUT2D eigenvalue weighted by atomic mass is 10.1. The van der Waals surface area contributed by atoms with Crippen LogP contribution >= 0.6 is 46.6 Å². The Balaban J connectivity index is 1.54. The van der Waals surface area contributed by atoms with Gasteiger partial charge < -0.3 is 0 Å². The highest BCUT2D eigenvalue weighted by Crippen LogP contribution is 2.24. The Morgan fingerprint density at radius 2 is 1.61 bits per heavy atom. The monoisotopic (exact) mass is 448 g/mol. The molecule has 0 saturated carbocycles. The topological polar surface area (TPSA) is 41.5 Å². The second kappa shape index (κ2) is 9.99. The van der Waals surface area contributed by atoms with Crippen LogP contribution in [0.2, 0.25) is 15.1 Å². The van der Waals surface area contributed by atoms with Crippen molar-refractivity contribution < 1.29 is 4.79 Å². The van der Waals surface area contributed by atoms with E-state index in [1.807, 2.05) is 36.4 Å². The fraction of sp³-hybridized carbons (Fsp3) is 0.0476. The van der Waals surface area contributed by atoms with Gasteiger partial charge in [-0.15, -0.1) is 11.8 Å². The molecule has 142 valence electrons. The van der Waals surface area contributed by atoms with Crippen molar-refractivity contribution in [1.29, 1.82) is 0 Å². The largest absolute Gasteiger partial charge is 0.271 e. The van der Waals surface area contributed by atoms with Gasteiger partial charge in [-0.05, 0) is 54.1 Å². The molecule has 0 bridgehead atoms. The number of nitrogens with one attached hydrogen (secondary N) is 1. The Hall–Kier alpha value is -1.98. The zero-order chi connectivity index (χ0) is 19.9. The molecule has 0 fully saturated rings. The van der Waals surface area contributed by atoms with E-state index >= 15 is 0 Å². The second-order valence-electron chi connectivity index (χ2n) is 5.80. The highest BCUT2D eigenvalue weighted by Gasteiger charge is 2.05. The van der Waals surface area contributed by atoms with Gasteiger partial charge in [-0.2, -0.15) is 5.10 Å². The Labute approximate surface area is 182 Å². The molecular formula is C21H15Cl3N2OS. The fourth-order valence-corrected chi connectivity index (χ4v) is 3.72. The molecule has 0 radical (unpaired) electrons. The van der Waals surface area contributed by atoms with Crippen LogP contribution in [-0.4, -0.2) is 12.1 Å². The maximum atomic E-state index is 12.2. The first-order chi connectivity index (χ1) is 13.5. The van der Waals surface area contributed by atoms with E-state index in [1.165, 1.54) is 6.21 Å². The Kier molecular flexibility index (Phi) is 7.40. The van der Waals surface area contributed by atoms with Crippen LogP contribution in [0.1, 0.15) is 21.5 Å². The van der Waals surface area contributed by atoms with Gasteiger partial charge in [-0.25, -0.2) is 5.43 Å². The normalized spacial score (nSPS) is 11.0. The van der Waals surface area contributed by atoms with Gasteiger partial charge in [0.15, 0.2) is 0 Å². The van der Waals surface area contributed by atoms with E-state index in [2.05, 4.69) is 10.5 Å². The van der Waals surface area contributed by atoms with Crippen molar-refractivity contribution >= 4 is 58.7 Å². The zero-order valence-electron chi connectivity index (χ0n) is 14.5. The molecule has 0 aromatic heterocycles. The molecule has 28 heavy (non-hydrogen) atoms. The number of carbonyl (C=O) groups is 1. The zero-order valence-corrected chi connectivity index (χ0v) is 17.6. The molecule has 0 aliphatic carbocycles. The average Bonchev–Trinajstić information content (AvgIpc) is 2.69. The summed E-state index contributed by atoms with van der Waals surface area (Å²) in [5.41, 5.74) is 4.81. The van der Waals surface area contributed by atoms with Crippen molar-refractivity contribution in [3.8, 4) is 0 Å². The van der Waals surface area contributed by atoms with Crippen LogP contribution in [0.5, 0.6) is 0 Å². The third-order valence-electron chi connectivity index (χ3n) is 3.77. The van der Waals surface area contributed by atoms with Crippen LogP contribution in [0.3, 0.4) is 0 Å². The van der Waals surface area contributed by atoms with Crippen molar-refractivity contribution in [2.75, 3.05) is 0 Å². The molecule has 7 heteroatoms. The first-order valence-corrected chi connectivity index (χ1v) is 10.4. The van der Waals surface area contributed by atoms with Crippen LogP contribution in [0, 0.1) is 0 Å². The lowest BCUT2D eigenvalue weighted by Gasteiger charge is -2.04. The highest BCUT2D eigenvalue weighted by molar-refractivity contribution is 7.98. The molecule has 0 aliphatic rings. The van der Waals surface area contributed by atoms with Crippen LogP contribution in [0.15, 0.2) is 76.7 Å². The summed E-state index contributed by atoms with van der Waals surface area (Å²) in [5, 5.41) is 5.68. The number of hydrazone groups is 1. The van der Waals surface area contributed by atoms with Crippen LogP contribution in [0.25, 0.3) is 0 Å². The van der Waals surface area contributed by atoms with Gasteiger partial charge in [-0.1, -0.05) is 53.0 Å². The summed E-state index contributed by atoms with van der Waals surface area (Å²) in [4.78, 5) is 13.3. The van der Waals surface area contributed by atoms with E-state index < -0.39 is 0 Å². The summed E-state index contributed by atoms with van der Waals surface area (Å²) in [6, 6.07) is 20.2. The maximum Gasteiger partial charge on any atom is 0.271 e. The van der Waals surface area contributed by atoms with E-state index in [0.29, 0.717) is 21.2 Å². The number of hydrogen-bond acceptors (Lipinski definition) is 3. The van der Waals surface area contributed by atoms with E-state index in [4.69, 9.17) is 34.8 Å². The van der Waals surface area contributed by atoms with Crippen LogP contribution in [-0.2, 0) is 5.75 Å². The van der Waals surface area contributed by atoms with Crippen molar-refractivity contribution in [3.05, 3.63) is 98.5 Å². The Morgan fingerprint density at radius 3 is 2.29 bits per heavy atom. The van der Waals surface area contributed by atoms with E-state index in [-0.39, 0.29) is 5.91 Å². The molecule has 3 rings (SSSR count). The summed E-state index contributed by atoms with van der Waals surface area (Å²) < 4.78 is 0. The molecule has 0 saturated heterocycles. The lowest BCUT2D eigenvalue weighted by molar-refractivity contribution is 0.0955. The number of rotatable bonds is 6.